The Balaban J connectivity index is 0.651. The normalized spacial score (nSPS) is 23.3. The third-order valence-electron chi connectivity index (χ3n) is 19.7. The van der Waals surface area contributed by atoms with Gasteiger partial charge in [-0.3, -0.25) is 43.9 Å². The number of unbranched alkanes of at least 4 members (excludes halogenated alkanes) is 3. The van der Waals surface area contributed by atoms with Crippen molar-refractivity contribution in [2.45, 2.75) is 143 Å². The first-order valence-corrected chi connectivity index (χ1v) is 36.0. The van der Waals surface area contributed by atoms with E-state index < -0.39 is 82.5 Å². The van der Waals surface area contributed by atoms with E-state index in [1.807, 2.05) is 35.1 Å². The molecule has 6 fully saturated rings. The fourth-order valence-electron chi connectivity index (χ4n) is 14.8. The molecule has 6 amide bonds. The summed E-state index contributed by atoms with van der Waals surface area (Å²) in [6.45, 7) is 15.7. The van der Waals surface area contributed by atoms with Crippen LogP contribution in [0.5, 0.6) is 0 Å². The number of hydrogen-bond acceptors (Lipinski definition) is 16. The van der Waals surface area contributed by atoms with E-state index in [0.717, 1.165) is 106 Å². The van der Waals surface area contributed by atoms with Gasteiger partial charge in [0.2, 0.25) is 17.7 Å². The van der Waals surface area contributed by atoms with Crippen LogP contribution in [0.1, 0.15) is 142 Å². The molecule has 12 rings (SSSR count). The molecule has 4 aliphatic carbocycles. The fourth-order valence-corrected chi connectivity index (χ4v) is 17.8. The Morgan fingerprint density at radius 1 is 0.739 bits per heavy atom. The highest BCUT2D eigenvalue weighted by Gasteiger charge is 2.67. The minimum Gasteiger partial charge on any atom is -0.380 e. The maximum Gasteiger partial charge on any atom is 0.501 e. The van der Waals surface area contributed by atoms with Gasteiger partial charge in [0.15, 0.2) is 0 Å². The maximum atomic E-state index is 14.5. The predicted octanol–water partition coefficient (Wildman–Crippen LogP) is 9.49. The van der Waals surface area contributed by atoms with Gasteiger partial charge in [-0.15, -0.1) is 11.8 Å². The Hall–Kier alpha value is -6.64. The molecule has 3 saturated heterocycles. The lowest BCUT2D eigenvalue weighted by Gasteiger charge is -2.72. The topological polar surface area (TPSA) is 235 Å². The van der Waals surface area contributed by atoms with Crippen LogP contribution in [0.2, 0.25) is 0 Å². The van der Waals surface area contributed by atoms with E-state index in [1.54, 1.807) is 29.3 Å². The highest BCUT2D eigenvalue weighted by atomic mass is 32.2. The highest BCUT2D eigenvalue weighted by Crippen LogP contribution is 2.77. The first kappa shape index (κ1) is 66.8. The minimum absolute atomic E-state index is 0.00584. The van der Waals surface area contributed by atoms with Crippen molar-refractivity contribution in [2.75, 3.05) is 93.3 Å². The number of hydrogen-bond donors (Lipinski definition) is 4. The van der Waals surface area contributed by atoms with Gasteiger partial charge in [-0.25, -0.2) is 21.6 Å². The number of imide groups is 2. The van der Waals surface area contributed by atoms with Crippen molar-refractivity contribution in [1.82, 2.24) is 29.6 Å². The molecule has 25 heteroatoms. The molecule has 1 unspecified atom stereocenters. The number of halogens is 3. The summed E-state index contributed by atoms with van der Waals surface area (Å²) in [5.74, 6) is -3.60. The molecule has 19 nitrogen and oxygen atoms in total. The SMILES string of the molecule is CC1(C)CCC(CN2CCN(c3ccc(C(=O)NS(=O)(=O)c4ccc(N[C@H](CCN5CCN(CCCCCCC(=O)Nc6cccc7c6C(=O)N(C6CCC(=O)NC6=O)C7=O)CC5)CSc5ccccc5)c(S(=O)(=O)C(F)(F)F)c4)cc3)CC2)=C(C23CC(C)(C2)C3)C1. The third kappa shape index (κ3) is 14.8. The van der Waals surface area contributed by atoms with Gasteiger partial charge >= 0.3 is 5.51 Å². The molecule has 4 N–H and O–H groups in total. The summed E-state index contributed by atoms with van der Waals surface area (Å²) in [6, 6.07) is 21.1. The number of fused-ring (bicyclic) bond motifs is 1. The number of nitrogens with one attached hydrogen (secondary N) is 4. The zero-order valence-corrected chi connectivity index (χ0v) is 54.8. The molecule has 3 saturated carbocycles. The zero-order valence-electron chi connectivity index (χ0n) is 52.4. The van der Waals surface area contributed by atoms with Crippen molar-refractivity contribution in [2.24, 2.45) is 16.2 Å². The minimum atomic E-state index is -6.13. The van der Waals surface area contributed by atoms with Crippen molar-refractivity contribution < 1.29 is 58.8 Å². The van der Waals surface area contributed by atoms with Crippen LogP contribution in [0, 0.1) is 16.2 Å². The molecule has 494 valence electrons. The molecule has 4 aromatic rings. The van der Waals surface area contributed by atoms with E-state index in [2.05, 4.69) is 56.3 Å². The number of anilines is 3. The molecular weight excluding hydrogens is 1240 g/mol. The van der Waals surface area contributed by atoms with E-state index in [0.29, 0.717) is 60.5 Å². The van der Waals surface area contributed by atoms with Gasteiger partial charge in [-0.05, 0) is 154 Å². The van der Waals surface area contributed by atoms with Gasteiger partial charge in [-0.1, -0.05) is 69.0 Å². The van der Waals surface area contributed by atoms with E-state index in [4.69, 9.17) is 0 Å². The number of carbonyl (C=O) groups is 6. The highest BCUT2D eigenvalue weighted by molar-refractivity contribution is 7.99. The molecule has 8 aliphatic rings. The van der Waals surface area contributed by atoms with Crippen LogP contribution in [0.25, 0.3) is 0 Å². The van der Waals surface area contributed by atoms with Crippen molar-refractivity contribution in [3.05, 3.63) is 119 Å². The number of piperidine rings is 1. The van der Waals surface area contributed by atoms with E-state index >= 15 is 0 Å². The van der Waals surface area contributed by atoms with Gasteiger partial charge in [0.25, 0.3) is 37.6 Å². The average molecular weight is 1330 g/mol. The van der Waals surface area contributed by atoms with Crippen molar-refractivity contribution >= 4 is 84.1 Å². The molecule has 0 aromatic heterocycles. The molecule has 4 heterocycles. The number of nitrogens with zero attached hydrogens (tertiary/aromatic N) is 5. The van der Waals surface area contributed by atoms with Crippen LogP contribution >= 0.6 is 11.8 Å². The third-order valence-corrected chi connectivity index (χ3v) is 23.7. The number of sulfone groups is 1. The number of rotatable bonds is 25. The summed E-state index contributed by atoms with van der Waals surface area (Å²) in [6.07, 6.45) is 11.2. The number of thioether (sulfide) groups is 1. The number of piperazine rings is 2. The lowest BCUT2D eigenvalue weighted by atomic mass is 9.33. The average Bonchev–Trinajstić information content (AvgIpc) is 0.812. The Morgan fingerprint density at radius 3 is 2.09 bits per heavy atom. The van der Waals surface area contributed by atoms with Gasteiger partial charge in [0.1, 0.15) is 10.9 Å². The Kier molecular flexibility index (Phi) is 19.6. The smallest absolute Gasteiger partial charge is 0.380 e. The van der Waals surface area contributed by atoms with E-state index in [-0.39, 0.29) is 47.5 Å². The molecule has 92 heavy (non-hydrogen) atoms. The Bertz CT molecular complexity index is 3740. The van der Waals surface area contributed by atoms with Crippen molar-refractivity contribution in [3.8, 4) is 0 Å². The van der Waals surface area contributed by atoms with Crippen LogP contribution in [0.4, 0.5) is 30.2 Å². The second-order valence-electron chi connectivity index (χ2n) is 27.2. The van der Waals surface area contributed by atoms with Gasteiger partial charge in [0.05, 0.1) is 27.4 Å². The zero-order chi connectivity index (χ0) is 65.4. The molecule has 2 bridgehead atoms. The Morgan fingerprint density at radius 2 is 1.41 bits per heavy atom. The quantitative estimate of drug-likeness (QED) is 0.0209. The number of carbonyl (C=O) groups excluding carboxylic acids is 6. The molecule has 4 aromatic carbocycles. The van der Waals surface area contributed by atoms with Crippen LogP contribution < -0.4 is 25.6 Å². The van der Waals surface area contributed by atoms with Gasteiger partial charge in [-0.2, -0.15) is 13.2 Å². The van der Waals surface area contributed by atoms with Gasteiger partial charge < -0.3 is 25.3 Å². The molecule has 0 radical (unpaired) electrons. The second kappa shape index (κ2) is 27.0. The molecule has 2 atom stereocenters. The molecule has 4 aliphatic heterocycles. The van der Waals surface area contributed by atoms with Crippen LogP contribution in [0.15, 0.2) is 117 Å². The molecule has 0 spiro atoms. The predicted molar refractivity (Wildman–Crippen MR) is 345 cm³/mol. The monoisotopic (exact) mass is 1330 g/mol. The van der Waals surface area contributed by atoms with E-state index in [1.165, 1.54) is 68.1 Å². The second-order valence-corrected chi connectivity index (χ2v) is 31.9. The maximum absolute atomic E-state index is 14.5. The number of benzene rings is 4. The summed E-state index contributed by atoms with van der Waals surface area (Å²) < 4.78 is 99.9. The lowest BCUT2D eigenvalue weighted by Crippen LogP contribution is -2.61. The summed E-state index contributed by atoms with van der Waals surface area (Å²) in [7, 11) is -11.0. The first-order valence-electron chi connectivity index (χ1n) is 32.0. The summed E-state index contributed by atoms with van der Waals surface area (Å²) in [5, 5.41) is 7.99. The summed E-state index contributed by atoms with van der Waals surface area (Å²) in [5.41, 5.74) is -0.433. The number of amides is 6. The molecular formula is C67H82F3N9O10S3. The van der Waals surface area contributed by atoms with E-state index in [9.17, 15) is 58.8 Å². The number of sulfonamides is 1. The van der Waals surface area contributed by atoms with Crippen LogP contribution in [0.3, 0.4) is 0 Å². The van der Waals surface area contributed by atoms with Crippen LogP contribution in [-0.4, -0.2) is 167 Å². The first-order chi connectivity index (χ1) is 43.7. The Labute approximate surface area is 541 Å². The number of alkyl halides is 3. The number of allylic oxidation sites excluding steroid dienone is 1. The summed E-state index contributed by atoms with van der Waals surface area (Å²) in [4.78, 5) is 86.4. The largest absolute Gasteiger partial charge is 0.501 e. The lowest BCUT2D eigenvalue weighted by molar-refractivity contribution is -0.167. The van der Waals surface area contributed by atoms with Crippen molar-refractivity contribution in [1.29, 1.82) is 0 Å². The summed E-state index contributed by atoms with van der Waals surface area (Å²) >= 11 is 1.43. The van der Waals surface area contributed by atoms with Gasteiger partial charge in [0, 0.05) is 106 Å². The fraction of sp³-hybridized carbons (Fsp3) is 0.522. The van der Waals surface area contributed by atoms with Crippen LogP contribution in [-0.2, 0) is 34.2 Å². The van der Waals surface area contributed by atoms with Crippen molar-refractivity contribution in [3.63, 3.8) is 0 Å². The standard InChI is InChI=1S/C67H82F3N9O10S3/c1-64(2)27-25-46(52(39-64)66-42-65(3,43-66)44-66)40-77-34-36-78(37-35-77)48-19-17-45(18-20-48)60(82)74-92(88,89)50-21-22-53(56(38-50)91(86,87)67(68,69)70)71-47(41-90-49-12-7-6-8-13-49)26-29-76-32-30-75(31-33-76)28-10-5-4-9-16-57(80)72-54-15-11-14-51-59(54)63(85)79(62(51)84)55-23-24-58(81)73-61(55)83/h6-8,11-15,17-22,38,47,55,71H,4-5,9-10,16,23-37,39-44H2,1-3H3,(H,72,80)(H,74,82)(H,73,81,83)/t47-,55?,65?,66?/m1/s1.